The van der Waals surface area contributed by atoms with E-state index in [9.17, 15) is 0 Å². The van der Waals surface area contributed by atoms with Gasteiger partial charge in [-0.3, -0.25) is 9.80 Å². The first-order valence-electron chi connectivity index (χ1n) is 5.51. The van der Waals surface area contributed by atoms with Gasteiger partial charge in [0, 0.05) is 0 Å². The van der Waals surface area contributed by atoms with Crippen LogP contribution in [0.15, 0.2) is 0 Å². The smallest absolute Gasteiger partial charge is 0.0727 e. The lowest BCUT2D eigenvalue weighted by Crippen LogP contribution is -2.57. The predicted octanol–water partition coefficient (Wildman–Crippen LogP) is 2.41. The summed E-state index contributed by atoms with van der Waals surface area (Å²) in [6.07, 6.45) is 2.39. The fraction of sp³-hybridized carbons (Fsp3) is 1.00. The van der Waals surface area contributed by atoms with Crippen molar-refractivity contribution in [1.82, 2.24) is 9.80 Å². The number of hydrogen-bond donors (Lipinski definition) is 0. The van der Waals surface area contributed by atoms with Crippen molar-refractivity contribution >= 4 is 0 Å². The predicted molar refractivity (Wildman–Crippen MR) is 59.9 cm³/mol. The van der Waals surface area contributed by atoms with Gasteiger partial charge < -0.3 is 0 Å². The Kier molecular flexibility index (Phi) is 5.57. The Bertz CT molecular complexity index is 124. The molecule has 0 saturated heterocycles. The van der Waals surface area contributed by atoms with E-state index in [1.54, 1.807) is 0 Å². The molecule has 2 nitrogen and oxygen atoms in total. The Morgan fingerprint density at radius 3 is 1.31 bits per heavy atom. The van der Waals surface area contributed by atoms with E-state index >= 15 is 0 Å². The molecule has 0 atom stereocenters. The number of rotatable bonds is 6. The van der Waals surface area contributed by atoms with Gasteiger partial charge in [0.2, 0.25) is 0 Å². The molecule has 0 aliphatic heterocycles. The fourth-order valence-corrected chi connectivity index (χ4v) is 2.42. The first kappa shape index (κ1) is 12.9. The Morgan fingerprint density at radius 1 is 0.846 bits per heavy atom. The van der Waals surface area contributed by atoms with E-state index in [4.69, 9.17) is 0 Å². The van der Waals surface area contributed by atoms with Crippen molar-refractivity contribution in [3.63, 3.8) is 0 Å². The lowest BCUT2D eigenvalue weighted by Gasteiger charge is -2.47. The van der Waals surface area contributed by atoms with Crippen LogP contribution in [-0.4, -0.2) is 42.6 Å². The molecular weight excluding hydrogens is 160 g/mol. The van der Waals surface area contributed by atoms with Crippen LogP contribution in [0.25, 0.3) is 0 Å². The summed E-state index contributed by atoms with van der Waals surface area (Å²) in [5, 5.41) is 0. The largest absolute Gasteiger partial charge is 0.291 e. The van der Waals surface area contributed by atoms with Gasteiger partial charge in [-0.1, -0.05) is 27.7 Å². The maximum atomic E-state index is 2.55. The fourth-order valence-electron chi connectivity index (χ4n) is 2.42. The van der Waals surface area contributed by atoms with Gasteiger partial charge in [0.05, 0.1) is 5.66 Å². The van der Waals surface area contributed by atoms with Gasteiger partial charge in [-0.25, -0.2) is 0 Å². The molecule has 0 aromatic rings. The monoisotopic (exact) mass is 186 g/mol. The van der Waals surface area contributed by atoms with Crippen LogP contribution in [0.3, 0.4) is 0 Å². The summed E-state index contributed by atoms with van der Waals surface area (Å²) in [6.45, 7) is 11.3. The minimum absolute atomic E-state index is 0.267. The molecule has 0 rings (SSSR count). The van der Waals surface area contributed by atoms with Crippen molar-refractivity contribution in [3.8, 4) is 0 Å². The summed E-state index contributed by atoms with van der Waals surface area (Å²) in [4.78, 5) is 4.91. The molecule has 0 heterocycles. The molecule has 0 fully saturated rings. The highest BCUT2D eigenvalue weighted by molar-refractivity contribution is 4.84. The molecule has 2 heteroatoms. The van der Waals surface area contributed by atoms with Crippen LogP contribution in [0, 0.1) is 0 Å². The van der Waals surface area contributed by atoms with E-state index in [2.05, 4.69) is 51.6 Å². The third-order valence-electron chi connectivity index (χ3n) is 3.32. The highest BCUT2D eigenvalue weighted by Gasteiger charge is 2.33. The molecule has 0 aliphatic rings. The topological polar surface area (TPSA) is 6.48 Å². The third-order valence-corrected chi connectivity index (χ3v) is 3.32. The Hall–Kier alpha value is -0.0800. The lowest BCUT2D eigenvalue weighted by atomic mass is 10.00. The first-order valence-corrected chi connectivity index (χ1v) is 5.51. The molecule has 0 aliphatic carbocycles. The average molecular weight is 186 g/mol. The van der Waals surface area contributed by atoms with Crippen molar-refractivity contribution in [1.29, 1.82) is 0 Å². The van der Waals surface area contributed by atoms with Crippen molar-refractivity contribution in [3.05, 3.63) is 0 Å². The van der Waals surface area contributed by atoms with Gasteiger partial charge in [-0.05, 0) is 40.0 Å². The molecule has 0 amide bonds. The second-order valence-electron chi connectivity index (χ2n) is 3.76. The number of nitrogens with zero attached hydrogens (tertiary/aromatic N) is 2. The van der Waals surface area contributed by atoms with Crippen LogP contribution in [0.2, 0.25) is 0 Å². The Balaban J connectivity index is 4.71. The van der Waals surface area contributed by atoms with Crippen LogP contribution in [0.1, 0.15) is 40.5 Å². The Labute approximate surface area is 83.9 Å². The van der Waals surface area contributed by atoms with Gasteiger partial charge in [0.1, 0.15) is 0 Å². The average Bonchev–Trinajstić information content (AvgIpc) is 2.13. The van der Waals surface area contributed by atoms with Crippen molar-refractivity contribution in [2.45, 2.75) is 46.2 Å². The normalized spacial score (nSPS) is 12.9. The molecular formula is C11H26N2. The zero-order chi connectivity index (χ0) is 10.5. The molecule has 0 aromatic heterocycles. The van der Waals surface area contributed by atoms with E-state index in [1.165, 1.54) is 12.8 Å². The van der Waals surface area contributed by atoms with Crippen LogP contribution in [0.4, 0.5) is 0 Å². The van der Waals surface area contributed by atoms with Crippen LogP contribution in [0.5, 0.6) is 0 Å². The third kappa shape index (κ3) is 2.44. The van der Waals surface area contributed by atoms with Gasteiger partial charge >= 0.3 is 0 Å². The van der Waals surface area contributed by atoms with E-state index < -0.39 is 0 Å². The minimum Gasteiger partial charge on any atom is -0.291 e. The zero-order valence-electron chi connectivity index (χ0n) is 10.2. The second kappa shape index (κ2) is 5.61. The summed E-state index contributed by atoms with van der Waals surface area (Å²) < 4.78 is 0. The standard InChI is InChI=1S/C11H26N2/c1-7-11(8-2,12(5)6)13(9-3)10-4/h7-10H2,1-6H3. The van der Waals surface area contributed by atoms with Crippen molar-refractivity contribution < 1.29 is 0 Å². The van der Waals surface area contributed by atoms with Crippen molar-refractivity contribution in [2.75, 3.05) is 27.2 Å². The maximum Gasteiger partial charge on any atom is 0.0727 e. The highest BCUT2D eigenvalue weighted by atomic mass is 15.4. The Morgan fingerprint density at radius 2 is 1.23 bits per heavy atom. The molecule has 13 heavy (non-hydrogen) atoms. The van der Waals surface area contributed by atoms with E-state index in [1.807, 2.05) is 0 Å². The minimum atomic E-state index is 0.267. The molecule has 80 valence electrons. The molecule has 0 radical (unpaired) electrons. The van der Waals surface area contributed by atoms with Crippen LogP contribution in [-0.2, 0) is 0 Å². The van der Waals surface area contributed by atoms with Crippen molar-refractivity contribution in [2.24, 2.45) is 0 Å². The quantitative estimate of drug-likeness (QED) is 0.588. The van der Waals surface area contributed by atoms with Crippen LogP contribution < -0.4 is 0 Å². The van der Waals surface area contributed by atoms with Crippen LogP contribution >= 0.6 is 0 Å². The summed E-state index contributed by atoms with van der Waals surface area (Å²) in [5.74, 6) is 0. The SMILES string of the molecule is CCN(CC)C(CC)(CC)N(C)C. The second-order valence-corrected chi connectivity index (χ2v) is 3.76. The van der Waals surface area contributed by atoms with E-state index in [-0.39, 0.29) is 5.66 Å². The highest BCUT2D eigenvalue weighted by Crippen LogP contribution is 2.25. The summed E-state index contributed by atoms with van der Waals surface area (Å²) >= 11 is 0. The molecule has 0 saturated carbocycles. The number of hydrogen-bond acceptors (Lipinski definition) is 2. The zero-order valence-corrected chi connectivity index (χ0v) is 10.2. The van der Waals surface area contributed by atoms with E-state index in [0.717, 1.165) is 13.1 Å². The summed E-state index contributed by atoms with van der Waals surface area (Å²) in [5.41, 5.74) is 0.267. The van der Waals surface area contributed by atoms with Gasteiger partial charge in [0.25, 0.3) is 0 Å². The van der Waals surface area contributed by atoms with Gasteiger partial charge in [-0.15, -0.1) is 0 Å². The lowest BCUT2D eigenvalue weighted by molar-refractivity contribution is -0.0321. The maximum absolute atomic E-state index is 2.55. The molecule has 0 unspecified atom stereocenters. The van der Waals surface area contributed by atoms with Gasteiger partial charge in [0.15, 0.2) is 0 Å². The molecule has 0 bridgehead atoms. The van der Waals surface area contributed by atoms with Gasteiger partial charge in [-0.2, -0.15) is 0 Å². The molecule has 0 spiro atoms. The van der Waals surface area contributed by atoms with E-state index in [0.29, 0.717) is 0 Å². The first-order chi connectivity index (χ1) is 6.08. The molecule has 0 N–H and O–H groups in total. The molecule has 0 aromatic carbocycles. The summed E-state index contributed by atoms with van der Waals surface area (Å²) in [6, 6.07) is 0. The summed E-state index contributed by atoms with van der Waals surface area (Å²) in [7, 11) is 4.37.